The minimum atomic E-state index is -1.51. The van der Waals surface area contributed by atoms with Crippen LogP contribution in [0.15, 0.2) is 170 Å². The van der Waals surface area contributed by atoms with Gasteiger partial charge in [-0.25, -0.2) is 0 Å². The fourth-order valence-electron chi connectivity index (χ4n) is 5.40. The third-order valence-electron chi connectivity index (χ3n) is 7.96. The number of rotatable bonds is 15. The molecule has 5 heteroatoms. The molecule has 0 saturated carbocycles. The van der Waals surface area contributed by atoms with Crippen molar-refractivity contribution in [3.05, 3.63) is 204 Å². The maximum absolute atomic E-state index is 10.7. The first-order chi connectivity index (χ1) is 23.6. The highest BCUT2D eigenvalue weighted by Gasteiger charge is 2.40. The van der Waals surface area contributed by atoms with Crippen molar-refractivity contribution in [2.45, 2.75) is 32.2 Å². The van der Waals surface area contributed by atoms with Crippen molar-refractivity contribution in [2.24, 2.45) is 0 Å². The van der Waals surface area contributed by atoms with Crippen LogP contribution in [-0.2, 0) is 41.7 Å². The second-order valence-electron chi connectivity index (χ2n) is 11.4. The van der Waals surface area contributed by atoms with E-state index in [1.165, 1.54) is 0 Å². The standard InChI is InChI=1S/C43H38O5/c1-33(41-26-25-40(45-29-34-15-6-2-7-16-34)28-42(41)46-30-35-17-8-3-9-18-35)43(38-23-14-24-39(44)27-38,47-31-36-19-10-4-11-20-36)48-32-37-21-12-5-13-22-37/h2-28,44H,1,29-32H2. The van der Waals surface area contributed by atoms with E-state index in [9.17, 15) is 5.11 Å². The Kier molecular flexibility index (Phi) is 10.6. The summed E-state index contributed by atoms with van der Waals surface area (Å²) in [7, 11) is 0. The van der Waals surface area contributed by atoms with Gasteiger partial charge in [-0.15, -0.1) is 0 Å². The van der Waals surface area contributed by atoms with Crippen LogP contribution >= 0.6 is 0 Å². The first-order valence-corrected chi connectivity index (χ1v) is 15.9. The van der Waals surface area contributed by atoms with Crippen molar-refractivity contribution in [3.63, 3.8) is 0 Å². The summed E-state index contributed by atoms with van der Waals surface area (Å²) in [5.74, 6) is -0.217. The van der Waals surface area contributed by atoms with Gasteiger partial charge in [-0.3, -0.25) is 0 Å². The van der Waals surface area contributed by atoms with Crippen LogP contribution < -0.4 is 9.47 Å². The minimum absolute atomic E-state index is 0.0847. The van der Waals surface area contributed by atoms with Crippen LogP contribution in [-0.4, -0.2) is 5.11 Å². The summed E-state index contributed by atoms with van der Waals surface area (Å²) in [6, 6.07) is 52.5. The Morgan fingerprint density at radius 2 is 0.979 bits per heavy atom. The Hall–Kier alpha value is -5.62. The Morgan fingerprint density at radius 3 is 1.48 bits per heavy atom. The predicted molar refractivity (Wildman–Crippen MR) is 189 cm³/mol. The van der Waals surface area contributed by atoms with Gasteiger partial charge in [0.25, 0.3) is 0 Å². The van der Waals surface area contributed by atoms with E-state index >= 15 is 0 Å². The van der Waals surface area contributed by atoms with Crippen molar-refractivity contribution >= 4 is 5.57 Å². The number of phenolic OH excluding ortho intramolecular Hbond substituents is 1. The van der Waals surface area contributed by atoms with Crippen LogP contribution in [0.1, 0.15) is 33.4 Å². The van der Waals surface area contributed by atoms with Gasteiger partial charge in [0, 0.05) is 22.8 Å². The fourth-order valence-corrected chi connectivity index (χ4v) is 5.40. The van der Waals surface area contributed by atoms with E-state index in [1.807, 2.05) is 146 Å². The second-order valence-corrected chi connectivity index (χ2v) is 11.4. The van der Waals surface area contributed by atoms with Crippen molar-refractivity contribution in [2.75, 3.05) is 0 Å². The molecule has 1 N–H and O–H groups in total. The maximum atomic E-state index is 10.7. The zero-order chi connectivity index (χ0) is 33.0. The van der Waals surface area contributed by atoms with E-state index < -0.39 is 5.79 Å². The van der Waals surface area contributed by atoms with Gasteiger partial charge in [-0.05, 0) is 46.5 Å². The lowest BCUT2D eigenvalue weighted by Crippen LogP contribution is -2.34. The normalized spacial score (nSPS) is 11.2. The van der Waals surface area contributed by atoms with Gasteiger partial charge in [0.2, 0.25) is 5.79 Å². The summed E-state index contributed by atoms with van der Waals surface area (Å²) in [6.45, 7) is 5.81. The molecule has 0 amide bonds. The Bertz CT molecular complexity index is 1850. The molecule has 0 aliphatic heterocycles. The van der Waals surface area contributed by atoms with Gasteiger partial charge >= 0.3 is 0 Å². The fraction of sp³-hybridized carbons (Fsp3) is 0.116. The first-order valence-electron chi connectivity index (χ1n) is 15.9. The van der Waals surface area contributed by atoms with Crippen LogP contribution in [0.5, 0.6) is 17.2 Å². The molecule has 6 aromatic rings. The largest absolute Gasteiger partial charge is 0.508 e. The number of ether oxygens (including phenoxy) is 4. The molecule has 0 fully saturated rings. The average molecular weight is 635 g/mol. The third-order valence-corrected chi connectivity index (χ3v) is 7.96. The molecule has 240 valence electrons. The third kappa shape index (κ3) is 8.20. The predicted octanol–water partition coefficient (Wildman–Crippen LogP) is 9.85. The van der Waals surface area contributed by atoms with Crippen molar-refractivity contribution in [1.29, 1.82) is 0 Å². The second kappa shape index (κ2) is 15.8. The number of benzene rings is 6. The molecule has 0 aliphatic rings. The number of hydrogen-bond donors (Lipinski definition) is 1. The molecular weight excluding hydrogens is 596 g/mol. The lowest BCUT2D eigenvalue weighted by Gasteiger charge is -2.37. The van der Waals surface area contributed by atoms with Crippen LogP contribution in [0.4, 0.5) is 0 Å². The molecule has 48 heavy (non-hydrogen) atoms. The molecule has 0 unspecified atom stereocenters. The monoisotopic (exact) mass is 634 g/mol. The van der Waals surface area contributed by atoms with E-state index in [-0.39, 0.29) is 19.0 Å². The molecule has 0 bridgehead atoms. The van der Waals surface area contributed by atoms with E-state index in [4.69, 9.17) is 18.9 Å². The van der Waals surface area contributed by atoms with Gasteiger partial charge in [-0.1, -0.05) is 140 Å². The highest BCUT2D eigenvalue weighted by atomic mass is 16.7. The zero-order valence-corrected chi connectivity index (χ0v) is 26.7. The molecule has 0 aromatic heterocycles. The molecule has 0 radical (unpaired) electrons. The van der Waals surface area contributed by atoms with Crippen LogP contribution in [0.2, 0.25) is 0 Å². The summed E-state index contributed by atoms with van der Waals surface area (Å²) in [4.78, 5) is 0. The molecule has 0 saturated heterocycles. The molecule has 6 rings (SSSR count). The SMILES string of the molecule is C=C(c1ccc(OCc2ccccc2)cc1OCc1ccccc1)C(OCc1ccccc1)(OCc1ccccc1)c1cccc(O)c1. The minimum Gasteiger partial charge on any atom is -0.508 e. The zero-order valence-electron chi connectivity index (χ0n) is 26.7. The van der Waals surface area contributed by atoms with E-state index in [1.54, 1.807) is 18.2 Å². The van der Waals surface area contributed by atoms with E-state index in [0.717, 1.165) is 22.3 Å². The summed E-state index contributed by atoms with van der Waals surface area (Å²) in [6.07, 6.45) is 0. The number of aromatic hydroxyl groups is 1. The van der Waals surface area contributed by atoms with Crippen molar-refractivity contribution < 1.29 is 24.1 Å². The Labute approximate surface area is 282 Å². The Balaban J connectivity index is 1.42. The van der Waals surface area contributed by atoms with E-state index in [0.29, 0.717) is 41.4 Å². The highest BCUT2D eigenvalue weighted by Crippen LogP contribution is 2.45. The summed E-state index contributed by atoms with van der Waals surface area (Å²) in [5, 5.41) is 10.7. The van der Waals surface area contributed by atoms with Crippen molar-refractivity contribution in [1.82, 2.24) is 0 Å². The summed E-state index contributed by atoms with van der Waals surface area (Å²) >= 11 is 0. The highest BCUT2D eigenvalue weighted by molar-refractivity contribution is 5.76. The quantitative estimate of drug-likeness (QED) is 0.114. The van der Waals surface area contributed by atoms with Crippen molar-refractivity contribution in [3.8, 4) is 17.2 Å². The molecular formula is C43H38O5. The maximum Gasteiger partial charge on any atom is 0.223 e. The number of phenols is 1. The van der Waals surface area contributed by atoms with Gasteiger partial charge in [0.15, 0.2) is 0 Å². The molecule has 6 aromatic carbocycles. The summed E-state index contributed by atoms with van der Waals surface area (Å²) in [5.41, 5.74) is 5.79. The smallest absolute Gasteiger partial charge is 0.223 e. The average Bonchev–Trinajstić information content (AvgIpc) is 3.15. The number of hydrogen-bond acceptors (Lipinski definition) is 5. The topological polar surface area (TPSA) is 57.2 Å². The molecule has 5 nitrogen and oxygen atoms in total. The van der Waals surface area contributed by atoms with E-state index in [2.05, 4.69) is 6.58 Å². The lowest BCUT2D eigenvalue weighted by molar-refractivity contribution is -0.218. The van der Waals surface area contributed by atoms with Crippen LogP contribution in [0, 0.1) is 0 Å². The van der Waals surface area contributed by atoms with Gasteiger partial charge < -0.3 is 24.1 Å². The first kappa shape index (κ1) is 32.3. The molecule has 0 heterocycles. The lowest BCUT2D eigenvalue weighted by atomic mass is 9.91. The Morgan fingerprint density at radius 1 is 0.500 bits per heavy atom. The van der Waals surface area contributed by atoms with Gasteiger partial charge in [0.1, 0.15) is 30.5 Å². The molecule has 0 atom stereocenters. The van der Waals surface area contributed by atoms with Crippen LogP contribution in [0.3, 0.4) is 0 Å². The summed E-state index contributed by atoms with van der Waals surface area (Å²) < 4.78 is 26.4. The molecule has 0 spiro atoms. The van der Waals surface area contributed by atoms with Gasteiger partial charge in [0.05, 0.1) is 13.2 Å². The molecule has 0 aliphatic carbocycles. The van der Waals surface area contributed by atoms with Crippen LogP contribution in [0.25, 0.3) is 5.57 Å². The van der Waals surface area contributed by atoms with Gasteiger partial charge in [-0.2, -0.15) is 0 Å².